The highest BCUT2D eigenvalue weighted by atomic mass is 16.6. The van der Waals surface area contributed by atoms with Gasteiger partial charge in [-0.15, -0.1) is 0 Å². The van der Waals surface area contributed by atoms with Crippen LogP contribution in [0.15, 0.2) is 78.5 Å². The van der Waals surface area contributed by atoms with Crippen LogP contribution in [0, 0.1) is 17.0 Å². The lowest BCUT2D eigenvalue weighted by atomic mass is 9.98. The molecule has 2 aliphatic heterocycles. The number of anilines is 2. The molecule has 3 aromatic carbocycles. The predicted molar refractivity (Wildman–Crippen MR) is 126 cm³/mol. The minimum absolute atomic E-state index is 0.0727. The fourth-order valence-corrected chi connectivity index (χ4v) is 4.55. The molecule has 7 nitrogen and oxygen atoms in total. The second kappa shape index (κ2) is 8.02. The van der Waals surface area contributed by atoms with Gasteiger partial charge in [0.25, 0.3) is 17.5 Å². The molecule has 0 fully saturated rings. The van der Waals surface area contributed by atoms with Gasteiger partial charge in [0.15, 0.2) is 0 Å². The number of amides is 2. The van der Waals surface area contributed by atoms with Gasteiger partial charge >= 0.3 is 0 Å². The number of carbonyl (C=O) groups excluding carboxylic acids is 2. The molecule has 0 atom stereocenters. The Bertz CT molecular complexity index is 1330. The number of nitro groups is 1. The molecule has 7 heteroatoms. The average molecular weight is 439 g/mol. The largest absolute Gasteiger partial charge is 0.336 e. The van der Waals surface area contributed by atoms with Gasteiger partial charge in [0.05, 0.1) is 16.2 Å². The maximum absolute atomic E-state index is 13.8. The summed E-state index contributed by atoms with van der Waals surface area (Å²) in [5, 5.41) is 11.1. The van der Waals surface area contributed by atoms with Crippen LogP contribution in [0.3, 0.4) is 0 Å². The highest BCUT2D eigenvalue weighted by Gasteiger charge is 2.43. The number of imide groups is 1. The maximum atomic E-state index is 13.8. The van der Waals surface area contributed by atoms with Gasteiger partial charge in [-0.1, -0.05) is 30.3 Å². The number of carbonyl (C=O) groups is 2. The van der Waals surface area contributed by atoms with E-state index in [0.717, 1.165) is 29.7 Å². The van der Waals surface area contributed by atoms with Gasteiger partial charge in [-0.25, -0.2) is 4.90 Å². The van der Waals surface area contributed by atoms with Crippen LogP contribution in [0.2, 0.25) is 0 Å². The fraction of sp³-hybridized carbons (Fsp3) is 0.154. The van der Waals surface area contributed by atoms with Crippen LogP contribution >= 0.6 is 0 Å². The van der Waals surface area contributed by atoms with Crippen LogP contribution in [0.1, 0.15) is 23.1 Å². The van der Waals surface area contributed by atoms with E-state index in [4.69, 9.17) is 0 Å². The lowest BCUT2D eigenvalue weighted by Gasteiger charge is -2.32. The van der Waals surface area contributed by atoms with Crippen LogP contribution in [0.25, 0.3) is 5.57 Å². The Hall–Kier alpha value is -4.26. The molecular weight excluding hydrogens is 418 g/mol. The van der Waals surface area contributed by atoms with Crippen LogP contribution in [-0.4, -0.2) is 23.3 Å². The molecule has 2 amide bonds. The molecule has 2 heterocycles. The van der Waals surface area contributed by atoms with Gasteiger partial charge < -0.3 is 4.90 Å². The van der Waals surface area contributed by atoms with Crippen molar-refractivity contribution in [1.29, 1.82) is 0 Å². The summed E-state index contributed by atoms with van der Waals surface area (Å²) >= 11 is 0. The third-order valence-electron chi connectivity index (χ3n) is 6.07. The summed E-state index contributed by atoms with van der Waals surface area (Å²) in [4.78, 5) is 41.3. The van der Waals surface area contributed by atoms with E-state index in [1.165, 1.54) is 29.2 Å². The quantitative estimate of drug-likeness (QED) is 0.336. The zero-order chi connectivity index (χ0) is 23.1. The van der Waals surface area contributed by atoms with Crippen molar-refractivity contribution in [3.8, 4) is 0 Å². The summed E-state index contributed by atoms with van der Waals surface area (Å²) in [6.07, 6.45) is 1.75. The summed E-state index contributed by atoms with van der Waals surface area (Å²) in [7, 11) is 0. The van der Waals surface area contributed by atoms with Gasteiger partial charge in [0.1, 0.15) is 5.70 Å². The van der Waals surface area contributed by atoms with Crippen LogP contribution in [-0.2, 0) is 16.0 Å². The molecule has 3 aromatic rings. The monoisotopic (exact) mass is 439 g/mol. The molecule has 0 unspecified atom stereocenters. The van der Waals surface area contributed by atoms with Gasteiger partial charge in [-0.2, -0.15) is 0 Å². The molecule has 0 saturated carbocycles. The first-order valence-electron chi connectivity index (χ1n) is 10.8. The Balaban J connectivity index is 1.69. The van der Waals surface area contributed by atoms with E-state index in [-0.39, 0.29) is 11.3 Å². The average Bonchev–Trinajstić information content (AvgIpc) is 3.08. The molecular formula is C26H21N3O4. The second-order valence-corrected chi connectivity index (χ2v) is 8.20. The van der Waals surface area contributed by atoms with Crippen LogP contribution in [0.4, 0.5) is 17.1 Å². The van der Waals surface area contributed by atoms with Gasteiger partial charge in [-0.3, -0.25) is 19.7 Å². The molecule has 2 aliphatic rings. The Labute approximate surface area is 190 Å². The van der Waals surface area contributed by atoms with E-state index in [1.54, 1.807) is 12.1 Å². The minimum atomic E-state index is -0.485. The van der Waals surface area contributed by atoms with E-state index in [9.17, 15) is 19.7 Å². The number of benzene rings is 3. The number of rotatable bonds is 4. The van der Waals surface area contributed by atoms with Gasteiger partial charge in [-0.05, 0) is 66.8 Å². The molecule has 33 heavy (non-hydrogen) atoms. The number of para-hydroxylation sites is 1. The number of fused-ring (bicyclic) bond motifs is 1. The normalized spacial score (nSPS) is 15.8. The number of non-ortho nitro benzene ring substituents is 1. The fourth-order valence-electron chi connectivity index (χ4n) is 4.55. The van der Waals surface area contributed by atoms with E-state index in [2.05, 4.69) is 0 Å². The molecule has 0 N–H and O–H groups in total. The van der Waals surface area contributed by atoms with Crippen molar-refractivity contribution >= 4 is 34.4 Å². The van der Waals surface area contributed by atoms with E-state index in [1.807, 2.05) is 48.2 Å². The number of hydrogen-bond donors (Lipinski definition) is 0. The van der Waals surface area contributed by atoms with Crippen molar-refractivity contribution in [2.75, 3.05) is 16.3 Å². The summed E-state index contributed by atoms with van der Waals surface area (Å²) in [6, 6.07) is 20.9. The molecule has 0 spiro atoms. The van der Waals surface area contributed by atoms with Crippen LogP contribution in [0.5, 0.6) is 0 Å². The summed E-state index contributed by atoms with van der Waals surface area (Å²) in [5.74, 6) is -0.826. The minimum Gasteiger partial charge on any atom is -0.336 e. The van der Waals surface area contributed by atoms with Crippen molar-refractivity contribution < 1.29 is 14.5 Å². The van der Waals surface area contributed by atoms with E-state index < -0.39 is 16.7 Å². The van der Waals surface area contributed by atoms with Crippen molar-refractivity contribution in [1.82, 2.24) is 0 Å². The SMILES string of the molecule is Cc1cccc(N2C(=O)C(c3ccc([N+](=O)[O-])cc3)=C(N3CCCc4ccccc43)C2=O)c1. The molecule has 0 saturated heterocycles. The molecule has 164 valence electrons. The van der Waals surface area contributed by atoms with Crippen molar-refractivity contribution in [3.05, 3.63) is 105 Å². The summed E-state index contributed by atoms with van der Waals surface area (Å²) in [6.45, 7) is 2.50. The lowest BCUT2D eigenvalue weighted by Crippen LogP contribution is -2.37. The summed E-state index contributed by atoms with van der Waals surface area (Å²) in [5.41, 5.74) is 4.43. The molecule has 0 radical (unpaired) electrons. The number of aryl methyl sites for hydroxylation is 2. The highest BCUT2D eigenvalue weighted by Crippen LogP contribution is 2.39. The Morgan fingerprint density at radius 1 is 0.909 bits per heavy atom. The Morgan fingerprint density at radius 3 is 2.39 bits per heavy atom. The van der Waals surface area contributed by atoms with Gasteiger partial charge in [0, 0.05) is 24.4 Å². The highest BCUT2D eigenvalue weighted by molar-refractivity contribution is 6.46. The third kappa shape index (κ3) is 3.47. The zero-order valence-electron chi connectivity index (χ0n) is 18.0. The first-order valence-corrected chi connectivity index (χ1v) is 10.8. The lowest BCUT2D eigenvalue weighted by molar-refractivity contribution is -0.384. The first kappa shape index (κ1) is 20.6. The number of hydrogen-bond acceptors (Lipinski definition) is 5. The Kier molecular flexibility index (Phi) is 5.01. The van der Waals surface area contributed by atoms with Crippen molar-refractivity contribution in [2.45, 2.75) is 19.8 Å². The van der Waals surface area contributed by atoms with Gasteiger partial charge in [0.2, 0.25) is 0 Å². The van der Waals surface area contributed by atoms with Crippen LogP contribution < -0.4 is 9.80 Å². The number of nitrogens with zero attached hydrogens (tertiary/aromatic N) is 3. The second-order valence-electron chi connectivity index (χ2n) is 8.20. The molecule has 0 aromatic heterocycles. The standard InChI is InChI=1S/C26H21N3O4/c1-17-6-4-9-21(16-17)28-25(30)23(19-11-13-20(14-12-19)29(32)33)24(26(28)31)27-15-5-8-18-7-2-3-10-22(18)27/h2-4,6-7,9-14,16H,5,8,15H2,1H3. The zero-order valence-corrected chi connectivity index (χ0v) is 18.0. The van der Waals surface area contributed by atoms with E-state index in [0.29, 0.717) is 23.5 Å². The molecule has 0 aliphatic carbocycles. The van der Waals surface area contributed by atoms with Crippen molar-refractivity contribution in [2.24, 2.45) is 0 Å². The molecule has 0 bridgehead atoms. The first-order chi connectivity index (χ1) is 16.0. The topological polar surface area (TPSA) is 83.8 Å². The van der Waals surface area contributed by atoms with E-state index >= 15 is 0 Å². The third-order valence-corrected chi connectivity index (χ3v) is 6.07. The maximum Gasteiger partial charge on any atom is 0.282 e. The van der Waals surface area contributed by atoms with Crippen molar-refractivity contribution in [3.63, 3.8) is 0 Å². The number of nitro benzene ring substituents is 1. The molecule has 5 rings (SSSR count). The predicted octanol–water partition coefficient (Wildman–Crippen LogP) is 4.64. The Morgan fingerprint density at radius 2 is 1.67 bits per heavy atom. The summed E-state index contributed by atoms with van der Waals surface area (Å²) < 4.78 is 0. The smallest absolute Gasteiger partial charge is 0.282 e.